The van der Waals surface area contributed by atoms with Crippen LogP contribution >= 0.6 is 0 Å². The Hall–Kier alpha value is -0.340. The lowest BCUT2D eigenvalue weighted by molar-refractivity contribution is -0.134. The second-order valence-electron chi connectivity index (χ2n) is 4.20. The van der Waals surface area contributed by atoms with Gasteiger partial charge in [0.05, 0.1) is 5.75 Å². The predicted molar refractivity (Wildman–Crippen MR) is 58.1 cm³/mol. The molecule has 0 saturated carbocycles. The molecule has 0 amide bonds. The Labute approximate surface area is 99.0 Å². The van der Waals surface area contributed by atoms with Crippen molar-refractivity contribution in [3.63, 3.8) is 0 Å². The molecular formula is C9H17F3N2O2S. The molecule has 0 aliphatic carbocycles. The van der Waals surface area contributed by atoms with E-state index in [9.17, 15) is 21.6 Å². The third-order valence-corrected chi connectivity index (χ3v) is 4.04. The fourth-order valence-corrected chi connectivity index (χ4v) is 3.08. The summed E-state index contributed by atoms with van der Waals surface area (Å²) in [6, 6.07) is -0.195. The van der Waals surface area contributed by atoms with E-state index in [2.05, 4.69) is 10.0 Å². The summed E-state index contributed by atoms with van der Waals surface area (Å²) in [7, 11) is -3.59. The number of hydrogen-bond acceptors (Lipinski definition) is 3. The van der Waals surface area contributed by atoms with Crippen LogP contribution in [0.3, 0.4) is 0 Å². The third-order valence-electron chi connectivity index (χ3n) is 2.52. The molecule has 1 atom stereocenters. The van der Waals surface area contributed by atoms with E-state index in [1.807, 2.05) is 0 Å². The second kappa shape index (κ2) is 6.01. The molecule has 17 heavy (non-hydrogen) atoms. The molecular weight excluding hydrogens is 257 g/mol. The average Bonchev–Trinajstić information content (AvgIpc) is 2.15. The maximum absolute atomic E-state index is 11.9. The Morgan fingerprint density at radius 2 is 2.06 bits per heavy atom. The van der Waals surface area contributed by atoms with E-state index in [4.69, 9.17) is 0 Å². The molecule has 0 aromatic rings. The first-order valence-corrected chi connectivity index (χ1v) is 7.21. The highest BCUT2D eigenvalue weighted by molar-refractivity contribution is 7.89. The van der Waals surface area contributed by atoms with Crippen molar-refractivity contribution in [1.29, 1.82) is 0 Å². The van der Waals surface area contributed by atoms with Crippen LogP contribution in [-0.2, 0) is 10.0 Å². The normalized spacial score (nSPS) is 22.6. The van der Waals surface area contributed by atoms with Crippen LogP contribution in [0.2, 0.25) is 0 Å². The third kappa shape index (κ3) is 6.85. The second-order valence-corrected chi connectivity index (χ2v) is 6.07. The van der Waals surface area contributed by atoms with Crippen molar-refractivity contribution in [1.82, 2.24) is 10.0 Å². The number of nitrogens with one attached hydrogen (secondary N) is 2. The van der Waals surface area contributed by atoms with Crippen LogP contribution in [0.5, 0.6) is 0 Å². The molecule has 1 unspecified atom stereocenters. The van der Waals surface area contributed by atoms with Gasteiger partial charge in [-0.1, -0.05) is 0 Å². The molecule has 1 saturated heterocycles. The SMILES string of the molecule is O=S(=O)(CCCC(F)(F)F)NC1CCCNC1. The lowest BCUT2D eigenvalue weighted by Crippen LogP contribution is -2.46. The lowest BCUT2D eigenvalue weighted by Gasteiger charge is -2.23. The molecule has 4 nitrogen and oxygen atoms in total. The quantitative estimate of drug-likeness (QED) is 0.786. The van der Waals surface area contributed by atoms with Gasteiger partial charge in [-0.3, -0.25) is 0 Å². The fraction of sp³-hybridized carbons (Fsp3) is 1.00. The van der Waals surface area contributed by atoms with Gasteiger partial charge in [-0.2, -0.15) is 13.2 Å². The van der Waals surface area contributed by atoms with E-state index in [-0.39, 0.29) is 12.5 Å². The summed E-state index contributed by atoms with van der Waals surface area (Å²) >= 11 is 0. The number of sulfonamides is 1. The molecule has 2 N–H and O–H groups in total. The fourth-order valence-electron chi connectivity index (χ4n) is 1.73. The summed E-state index contributed by atoms with van der Waals surface area (Å²) in [6.45, 7) is 1.39. The largest absolute Gasteiger partial charge is 0.389 e. The van der Waals surface area contributed by atoms with Crippen molar-refractivity contribution in [3.05, 3.63) is 0 Å². The maximum Gasteiger partial charge on any atom is 0.389 e. The Bertz CT molecular complexity index is 324. The molecule has 1 rings (SSSR count). The number of halogens is 3. The van der Waals surface area contributed by atoms with Crippen molar-refractivity contribution in [3.8, 4) is 0 Å². The molecule has 8 heteroatoms. The van der Waals surface area contributed by atoms with Crippen LogP contribution in [0.1, 0.15) is 25.7 Å². The molecule has 1 heterocycles. The van der Waals surface area contributed by atoms with E-state index < -0.39 is 28.4 Å². The van der Waals surface area contributed by atoms with E-state index in [1.165, 1.54) is 0 Å². The van der Waals surface area contributed by atoms with Gasteiger partial charge in [0.15, 0.2) is 0 Å². The van der Waals surface area contributed by atoms with Gasteiger partial charge in [-0.05, 0) is 25.8 Å². The molecule has 0 spiro atoms. The number of alkyl halides is 3. The Kier molecular flexibility index (Phi) is 5.21. The minimum atomic E-state index is -4.29. The Morgan fingerprint density at radius 1 is 1.35 bits per heavy atom. The first-order chi connectivity index (χ1) is 7.79. The minimum absolute atomic E-state index is 0.195. The molecule has 1 aliphatic rings. The van der Waals surface area contributed by atoms with Crippen LogP contribution in [0.15, 0.2) is 0 Å². The van der Waals surface area contributed by atoms with Crippen molar-refractivity contribution in [2.75, 3.05) is 18.8 Å². The van der Waals surface area contributed by atoms with Crippen molar-refractivity contribution in [2.45, 2.75) is 37.9 Å². The van der Waals surface area contributed by atoms with Gasteiger partial charge < -0.3 is 5.32 Å². The van der Waals surface area contributed by atoms with Gasteiger partial charge >= 0.3 is 6.18 Å². The average molecular weight is 274 g/mol. The van der Waals surface area contributed by atoms with Crippen LogP contribution in [-0.4, -0.2) is 39.5 Å². The topological polar surface area (TPSA) is 58.2 Å². The van der Waals surface area contributed by atoms with E-state index in [0.29, 0.717) is 6.54 Å². The van der Waals surface area contributed by atoms with Gasteiger partial charge in [0.2, 0.25) is 10.0 Å². The molecule has 0 bridgehead atoms. The summed E-state index contributed by atoms with van der Waals surface area (Å²) in [5, 5.41) is 3.03. The zero-order valence-corrected chi connectivity index (χ0v) is 10.2. The minimum Gasteiger partial charge on any atom is -0.315 e. The van der Waals surface area contributed by atoms with E-state index in [1.54, 1.807) is 0 Å². The van der Waals surface area contributed by atoms with Gasteiger partial charge in [0.1, 0.15) is 0 Å². The smallest absolute Gasteiger partial charge is 0.315 e. The molecule has 102 valence electrons. The molecule has 1 aliphatic heterocycles. The van der Waals surface area contributed by atoms with Crippen LogP contribution < -0.4 is 10.0 Å². The first-order valence-electron chi connectivity index (χ1n) is 5.56. The summed E-state index contributed by atoms with van der Waals surface area (Å²) in [4.78, 5) is 0. The monoisotopic (exact) mass is 274 g/mol. The number of piperidine rings is 1. The zero-order valence-electron chi connectivity index (χ0n) is 9.39. The Morgan fingerprint density at radius 3 is 2.59 bits per heavy atom. The van der Waals surface area contributed by atoms with Crippen LogP contribution in [0.25, 0.3) is 0 Å². The maximum atomic E-state index is 11.9. The summed E-state index contributed by atoms with van der Waals surface area (Å²) in [5.74, 6) is -0.469. The first kappa shape index (κ1) is 14.7. The number of rotatable bonds is 5. The van der Waals surface area contributed by atoms with Crippen molar-refractivity contribution in [2.24, 2.45) is 0 Å². The predicted octanol–water partition coefficient (Wildman–Crippen LogP) is 1.00. The zero-order chi connectivity index (χ0) is 12.9. The molecule has 1 fully saturated rings. The Balaban J connectivity index is 2.30. The highest BCUT2D eigenvalue weighted by Gasteiger charge is 2.28. The van der Waals surface area contributed by atoms with Gasteiger partial charge in [-0.25, -0.2) is 13.1 Å². The van der Waals surface area contributed by atoms with Gasteiger partial charge in [0, 0.05) is 19.0 Å². The van der Waals surface area contributed by atoms with Crippen molar-refractivity contribution >= 4 is 10.0 Å². The standard InChI is InChI=1S/C9H17F3N2O2S/c10-9(11,12)4-2-6-17(15,16)14-8-3-1-5-13-7-8/h8,13-14H,1-7H2. The molecule has 0 aromatic carbocycles. The summed E-state index contributed by atoms with van der Waals surface area (Å²) in [6.07, 6.45) is -4.14. The van der Waals surface area contributed by atoms with Gasteiger partial charge in [0.25, 0.3) is 0 Å². The number of hydrogen-bond donors (Lipinski definition) is 2. The highest BCUT2D eigenvalue weighted by Crippen LogP contribution is 2.21. The highest BCUT2D eigenvalue weighted by atomic mass is 32.2. The van der Waals surface area contributed by atoms with Crippen LogP contribution in [0.4, 0.5) is 13.2 Å². The molecule has 0 radical (unpaired) electrons. The van der Waals surface area contributed by atoms with E-state index >= 15 is 0 Å². The summed E-state index contributed by atoms with van der Waals surface area (Å²) in [5.41, 5.74) is 0. The summed E-state index contributed by atoms with van der Waals surface area (Å²) < 4.78 is 61.0. The van der Waals surface area contributed by atoms with Gasteiger partial charge in [-0.15, -0.1) is 0 Å². The van der Waals surface area contributed by atoms with E-state index in [0.717, 1.165) is 19.4 Å². The molecule has 0 aromatic heterocycles. The lowest BCUT2D eigenvalue weighted by atomic mass is 10.1. The van der Waals surface area contributed by atoms with Crippen molar-refractivity contribution < 1.29 is 21.6 Å². The van der Waals surface area contributed by atoms with Crippen LogP contribution in [0, 0.1) is 0 Å².